The molecule has 0 bridgehead atoms. The molecule has 0 aromatic carbocycles. The van der Waals surface area contributed by atoms with Crippen molar-refractivity contribution in [3.63, 3.8) is 0 Å². The lowest BCUT2D eigenvalue weighted by Crippen LogP contribution is -2.15. The number of carbonyl (C=O) groups is 1. The number of aromatic amines is 1. The Morgan fingerprint density at radius 1 is 1.50 bits per heavy atom. The number of halogens is 1. The standard InChI is InChI=1S/C8H7ClN6O/c1-4-2-5(9)3-6(10-4)7(16)11-8-12-14-15-13-8/h2-3H,1H3,(H2,11,12,13,14,15,16). The van der Waals surface area contributed by atoms with Crippen LogP contribution in [0.4, 0.5) is 5.95 Å². The highest BCUT2D eigenvalue weighted by atomic mass is 35.5. The monoisotopic (exact) mass is 238 g/mol. The molecule has 0 aliphatic heterocycles. The third kappa shape index (κ3) is 2.31. The van der Waals surface area contributed by atoms with E-state index in [1.165, 1.54) is 6.07 Å². The zero-order valence-corrected chi connectivity index (χ0v) is 8.99. The molecule has 8 heteroatoms. The van der Waals surface area contributed by atoms with Gasteiger partial charge in [-0.1, -0.05) is 16.7 Å². The van der Waals surface area contributed by atoms with Gasteiger partial charge in [-0.2, -0.15) is 5.21 Å². The first-order valence-corrected chi connectivity index (χ1v) is 4.72. The number of H-pyrrole nitrogens is 1. The maximum atomic E-state index is 11.7. The molecule has 0 fully saturated rings. The first-order chi connectivity index (χ1) is 7.65. The van der Waals surface area contributed by atoms with Crippen molar-refractivity contribution in [2.45, 2.75) is 6.92 Å². The van der Waals surface area contributed by atoms with Crippen LogP contribution < -0.4 is 5.32 Å². The Kier molecular flexibility index (Phi) is 2.78. The summed E-state index contributed by atoms with van der Waals surface area (Å²) in [6, 6.07) is 3.12. The zero-order chi connectivity index (χ0) is 11.5. The molecular weight excluding hydrogens is 232 g/mol. The number of tetrazole rings is 1. The second-order valence-electron chi connectivity index (χ2n) is 3.00. The molecule has 0 saturated heterocycles. The molecule has 0 radical (unpaired) electrons. The average Bonchev–Trinajstić information content (AvgIpc) is 2.68. The first-order valence-electron chi connectivity index (χ1n) is 4.34. The summed E-state index contributed by atoms with van der Waals surface area (Å²) in [5.41, 5.74) is 0.862. The van der Waals surface area contributed by atoms with Gasteiger partial charge in [0.25, 0.3) is 11.9 Å². The van der Waals surface area contributed by atoms with Crippen molar-refractivity contribution in [3.05, 3.63) is 28.5 Å². The van der Waals surface area contributed by atoms with Crippen molar-refractivity contribution >= 4 is 23.5 Å². The van der Waals surface area contributed by atoms with Gasteiger partial charge < -0.3 is 0 Å². The highest BCUT2D eigenvalue weighted by Gasteiger charge is 2.11. The largest absolute Gasteiger partial charge is 0.286 e. The molecule has 0 spiro atoms. The van der Waals surface area contributed by atoms with Crippen molar-refractivity contribution in [2.24, 2.45) is 0 Å². The summed E-state index contributed by atoms with van der Waals surface area (Å²) in [5, 5.41) is 15.6. The Hall–Kier alpha value is -2.02. The number of hydrogen-bond donors (Lipinski definition) is 2. The SMILES string of the molecule is Cc1cc(Cl)cc(C(=O)Nc2nn[nH]n2)n1. The van der Waals surface area contributed by atoms with E-state index in [4.69, 9.17) is 11.6 Å². The Bertz CT molecular complexity index is 491. The summed E-state index contributed by atoms with van der Waals surface area (Å²) in [4.78, 5) is 15.7. The molecule has 0 atom stereocenters. The van der Waals surface area contributed by atoms with Crippen LogP contribution in [-0.4, -0.2) is 31.5 Å². The number of nitrogens with zero attached hydrogens (tertiary/aromatic N) is 4. The molecule has 2 rings (SSSR count). The number of nitrogens with one attached hydrogen (secondary N) is 2. The summed E-state index contributed by atoms with van der Waals surface area (Å²) in [7, 11) is 0. The van der Waals surface area contributed by atoms with E-state index in [-0.39, 0.29) is 11.6 Å². The van der Waals surface area contributed by atoms with Crippen molar-refractivity contribution in [3.8, 4) is 0 Å². The summed E-state index contributed by atoms with van der Waals surface area (Å²) in [6.45, 7) is 1.75. The molecule has 1 amide bonds. The Labute approximate surface area is 95.2 Å². The van der Waals surface area contributed by atoms with E-state index < -0.39 is 5.91 Å². The van der Waals surface area contributed by atoms with E-state index in [1.807, 2.05) is 0 Å². The molecule has 2 aromatic heterocycles. The van der Waals surface area contributed by atoms with Crippen molar-refractivity contribution in [2.75, 3.05) is 5.32 Å². The number of rotatable bonds is 2. The minimum absolute atomic E-state index is 0.0874. The minimum Gasteiger partial charge on any atom is -0.286 e. The maximum Gasteiger partial charge on any atom is 0.276 e. The van der Waals surface area contributed by atoms with Crippen LogP contribution >= 0.6 is 11.6 Å². The molecule has 0 saturated carbocycles. The summed E-state index contributed by atoms with van der Waals surface area (Å²) >= 11 is 5.81. The highest BCUT2D eigenvalue weighted by molar-refractivity contribution is 6.31. The number of carbonyl (C=O) groups excluding carboxylic acids is 1. The van der Waals surface area contributed by atoms with Gasteiger partial charge in [0.2, 0.25) is 0 Å². The van der Waals surface area contributed by atoms with Gasteiger partial charge in [-0.15, -0.1) is 5.10 Å². The molecule has 0 unspecified atom stereocenters. The third-order valence-corrected chi connectivity index (χ3v) is 1.94. The van der Waals surface area contributed by atoms with Crippen LogP contribution in [0.3, 0.4) is 0 Å². The topological polar surface area (TPSA) is 96.5 Å². The van der Waals surface area contributed by atoms with Gasteiger partial charge in [-0.05, 0) is 24.3 Å². The van der Waals surface area contributed by atoms with Crippen LogP contribution in [0.1, 0.15) is 16.2 Å². The van der Waals surface area contributed by atoms with Crippen LogP contribution in [0.15, 0.2) is 12.1 Å². The predicted octanol–water partition coefficient (Wildman–Crippen LogP) is 0.809. The average molecular weight is 239 g/mol. The number of aryl methyl sites for hydroxylation is 1. The van der Waals surface area contributed by atoms with Gasteiger partial charge >= 0.3 is 0 Å². The highest BCUT2D eigenvalue weighted by Crippen LogP contribution is 2.11. The van der Waals surface area contributed by atoms with Gasteiger partial charge in [-0.25, -0.2) is 4.98 Å². The van der Waals surface area contributed by atoms with E-state index in [2.05, 4.69) is 30.9 Å². The number of pyridine rings is 1. The quantitative estimate of drug-likeness (QED) is 0.807. The van der Waals surface area contributed by atoms with Crippen LogP contribution in [0.5, 0.6) is 0 Å². The summed E-state index contributed by atoms with van der Waals surface area (Å²) in [5.74, 6) is -0.351. The Morgan fingerprint density at radius 3 is 2.94 bits per heavy atom. The van der Waals surface area contributed by atoms with Gasteiger partial charge in [0.05, 0.1) is 0 Å². The summed E-state index contributed by atoms with van der Waals surface area (Å²) < 4.78 is 0. The van der Waals surface area contributed by atoms with E-state index in [9.17, 15) is 4.79 Å². The van der Waals surface area contributed by atoms with Crippen LogP contribution in [0.25, 0.3) is 0 Å². The lowest BCUT2D eigenvalue weighted by Gasteiger charge is -2.01. The van der Waals surface area contributed by atoms with Crippen molar-refractivity contribution in [1.82, 2.24) is 25.6 Å². The number of anilines is 1. The van der Waals surface area contributed by atoms with E-state index >= 15 is 0 Å². The van der Waals surface area contributed by atoms with Crippen molar-refractivity contribution in [1.29, 1.82) is 0 Å². The van der Waals surface area contributed by atoms with Gasteiger partial charge in [-0.3, -0.25) is 10.1 Å². The smallest absolute Gasteiger partial charge is 0.276 e. The lowest BCUT2D eigenvalue weighted by molar-refractivity contribution is 0.102. The van der Waals surface area contributed by atoms with Gasteiger partial charge in [0, 0.05) is 10.7 Å². The van der Waals surface area contributed by atoms with Crippen molar-refractivity contribution < 1.29 is 4.79 Å². The molecule has 0 aliphatic carbocycles. The second kappa shape index (κ2) is 4.23. The maximum absolute atomic E-state index is 11.7. The van der Waals surface area contributed by atoms with Crippen LogP contribution in [0, 0.1) is 6.92 Å². The predicted molar refractivity (Wildman–Crippen MR) is 56.1 cm³/mol. The fourth-order valence-corrected chi connectivity index (χ4v) is 1.38. The molecule has 2 aromatic rings. The van der Waals surface area contributed by atoms with E-state index in [0.717, 1.165) is 0 Å². The molecule has 82 valence electrons. The van der Waals surface area contributed by atoms with E-state index in [0.29, 0.717) is 10.7 Å². The second-order valence-corrected chi connectivity index (χ2v) is 3.44. The first kappa shape index (κ1) is 10.5. The van der Waals surface area contributed by atoms with Crippen LogP contribution in [0.2, 0.25) is 5.02 Å². The minimum atomic E-state index is -0.438. The van der Waals surface area contributed by atoms with Crippen LogP contribution in [-0.2, 0) is 0 Å². The number of hydrogen-bond acceptors (Lipinski definition) is 5. The fraction of sp³-hybridized carbons (Fsp3) is 0.125. The fourth-order valence-electron chi connectivity index (χ4n) is 1.12. The molecule has 7 nitrogen and oxygen atoms in total. The molecule has 2 N–H and O–H groups in total. The van der Waals surface area contributed by atoms with Gasteiger partial charge in [0.1, 0.15) is 5.69 Å². The molecule has 0 aliphatic rings. The lowest BCUT2D eigenvalue weighted by atomic mass is 10.3. The third-order valence-electron chi connectivity index (χ3n) is 1.72. The molecular formula is C8H7ClN6O. The zero-order valence-electron chi connectivity index (χ0n) is 8.23. The molecule has 2 heterocycles. The Morgan fingerprint density at radius 2 is 2.31 bits per heavy atom. The Balaban J connectivity index is 2.21. The van der Waals surface area contributed by atoms with Gasteiger partial charge in [0.15, 0.2) is 0 Å². The number of aromatic nitrogens is 5. The normalized spacial score (nSPS) is 10.1. The summed E-state index contributed by atoms with van der Waals surface area (Å²) in [6.07, 6.45) is 0. The molecule has 16 heavy (non-hydrogen) atoms. The van der Waals surface area contributed by atoms with E-state index in [1.54, 1.807) is 13.0 Å². The number of amides is 1.